The zero-order valence-electron chi connectivity index (χ0n) is 24.1. The number of benzene rings is 3. The van der Waals surface area contributed by atoms with E-state index >= 15 is 4.39 Å². The maximum atomic E-state index is 15.7. The molecular weight excluding hydrogens is 501 g/mol. The summed E-state index contributed by atoms with van der Waals surface area (Å²) in [6.45, 7) is 10.3. The van der Waals surface area contributed by atoms with Crippen LogP contribution in [0.15, 0.2) is 78.9 Å². The van der Waals surface area contributed by atoms with Gasteiger partial charge in [0.05, 0.1) is 5.69 Å². The summed E-state index contributed by atoms with van der Waals surface area (Å²) in [6.07, 6.45) is 3.92. The van der Waals surface area contributed by atoms with Crippen molar-refractivity contribution in [2.45, 2.75) is 65.1 Å². The van der Waals surface area contributed by atoms with Crippen molar-refractivity contribution in [3.63, 3.8) is 0 Å². The molecule has 0 atom stereocenters. The third-order valence-electron chi connectivity index (χ3n) is 8.37. The van der Waals surface area contributed by atoms with Crippen LogP contribution in [0.3, 0.4) is 0 Å². The minimum absolute atomic E-state index is 0.185. The fraction of sp³-hybridized carbons (Fsp3) is 0.441. The van der Waals surface area contributed by atoms with Crippen molar-refractivity contribution in [3.05, 3.63) is 95.8 Å². The quantitative estimate of drug-likeness (QED) is 0.320. The van der Waals surface area contributed by atoms with Gasteiger partial charge in [0.1, 0.15) is 11.4 Å². The van der Waals surface area contributed by atoms with Crippen LogP contribution in [0.5, 0.6) is 0 Å². The van der Waals surface area contributed by atoms with Crippen LogP contribution in [0.25, 0.3) is 0 Å². The molecular formula is C34H42FN3O2. The first-order valence-electron chi connectivity index (χ1n) is 14.6. The molecule has 6 heteroatoms. The lowest BCUT2D eigenvalue weighted by molar-refractivity contribution is 0.00666. The predicted molar refractivity (Wildman–Crippen MR) is 160 cm³/mol. The summed E-state index contributed by atoms with van der Waals surface area (Å²) >= 11 is 0. The molecule has 2 aliphatic heterocycles. The lowest BCUT2D eigenvalue weighted by Crippen LogP contribution is -2.49. The topological polar surface area (TPSA) is 36.0 Å². The molecule has 212 valence electrons. The standard InChI is InChI=1S/C34H42FN3O2/c1-33(2,3)40-32(39)37-22-18-34(19-23-37)16-20-36(21-17-34)29-14-15-31(30(35)24-29)38(25-27-10-6-4-7-11-27)26-28-12-8-5-9-13-28/h4-15,24H,16-23,25-26H2,1-3H3. The molecule has 0 radical (unpaired) electrons. The highest BCUT2D eigenvalue weighted by molar-refractivity contribution is 5.68. The number of halogens is 1. The van der Waals surface area contributed by atoms with Gasteiger partial charge in [-0.3, -0.25) is 0 Å². The number of ether oxygens (including phenoxy) is 1. The fourth-order valence-corrected chi connectivity index (χ4v) is 6.01. The van der Waals surface area contributed by atoms with Crippen LogP contribution in [-0.2, 0) is 17.8 Å². The van der Waals surface area contributed by atoms with Gasteiger partial charge in [-0.1, -0.05) is 60.7 Å². The Labute approximate surface area is 238 Å². The molecule has 2 heterocycles. The van der Waals surface area contributed by atoms with Crippen LogP contribution in [-0.4, -0.2) is 42.8 Å². The second-order valence-corrected chi connectivity index (χ2v) is 12.4. The van der Waals surface area contributed by atoms with Crippen LogP contribution in [0.1, 0.15) is 57.6 Å². The molecule has 0 aliphatic carbocycles. The van der Waals surface area contributed by atoms with Gasteiger partial charge < -0.3 is 19.4 Å². The summed E-state index contributed by atoms with van der Waals surface area (Å²) in [6, 6.07) is 26.2. The van der Waals surface area contributed by atoms with Crippen molar-refractivity contribution in [1.29, 1.82) is 0 Å². The number of hydrogen-bond acceptors (Lipinski definition) is 4. The normalized spacial score (nSPS) is 17.1. The van der Waals surface area contributed by atoms with E-state index in [-0.39, 0.29) is 17.3 Å². The second-order valence-electron chi connectivity index (χ2n) is 12.4. The van der Waals surface area contributed by atoms with Gasteiger partial charge in [-0.05, 0) is 81.2 Å². The number of likely N-dealkylation sites (tertiary alicyclic amines) is 1. The molecule has 0 bridgehead atoms. The zero-order valence-corrected chi connectivity index (χ0v) is 24.1. The van der Waals surface area contributed by atoms with E-state index in [1.54, 1.807) is 6.07 Å². The van der Waals surface area contributed by atoms with Crippen LogP contribution < -0.4 is 9.80 Å². The van der Waals surface area contributed by atoms with Gasteiger partial charge in [0.25, 0.3) is 0 Å². The Morgan fingerprint density at radius 1 is 0.825 bits per heavy atom. The van der Waals surface area contributed by atoms with Crippen molar-refractivity contribution in [3.8, 4) is 0 Å². The van der Waals surface area contributed by atoms with Gasteiger partial charge in [-0.2, -0.15) is 0 Å². The summed E-state index contributed by atoms with van der Waals surface area (Å²) < 4.78 is 21.3. The average molecular weight is 544 g/mol. The van der Waals surface area contributed by atoms with Gasteiger partial charge in [0.2, 0.25) is 0 Å². The van der Waals surface area contributed by atoms with Crippen LogP contribution in [0.4, 0.5) is 20.6 Å². The molecule has 2 fully saturated rings. The lowest BCUT2D eigenvalue weighted by Gasteiger charge is -2.47. The molecule has 1 spiro atoms. The summed E-state index contributed by atoms with van der Waals surface area (Å²) in [5, 5.41) is 0. The minimum Gasteiger partial charge on any atom is -0.444 e. The molecule has 3 aromatic rings. The van der Waals surface area contributed by atoms with Gasteiger partial charge in [-0.25, -0.2) is 9.18 Å². The number of hydrogen-bond donors (Lipinski definition) is 0. The van der Waals surface area contributed by atoms with E-state index in [9.17, 15) is 4.79 Å². The van der Waals surface area contributed by atoms with E-state index in [2.05, 4.69) is 40.1 Å². The van der Waals surface area contributed by atoms with Crippen LogP contribution >= 0.6 is 0 Å². The molecule has 0 saturated carbocycles. The number of rotatable bonds is 6. The first-order chi connectivity index (χ1) is 19.2. The molecule has 3 aromatic carbocycles. The monoisotopic (exact) mass is 543 g/mol. The molecule has 0 aromatic heterocycles. The van der Waals surface area contributed by atoms with Crippen molar-refractivity contribution in [2.24, 2.45) is 5.41 Å². The Bertz CT molecular complexity index is 1220. The van der Waals surface area contributed by atoms with Crippen molar-refractivity contribution < 1.29 is 13.9 Å². The van der Waals surface area contributed by atoms with Crippen molar-refractivity contribution in [2.75, 3.05) is 36.0 Å². The van der Waals surface area contributed by atoms with Crippen LogP contribution in [0.2, 0.25) is 0 Å². The second kappa shape index (κ2) is 11.9. The molecule has 5 nitrogen and oxygen atoms in total. The fourth-order valence-electron chi connectivity index (χ4n) is 6.01. The highest BCUT2D eigenvalue weighted by atomic mass is 19.1. The average Bonchev–Trinajstić information content (AvgIpc) is 2.94. The molecule has 1 amide bonds. The van der Waals surface area contributed by atoms with Crippen molar-refractivity contribution >= 4 is 17.5 Å². The molecule has 5 rings (SSSR count). The molecule has 0 N–H and O–H groups in total. The Morgan fingerprint density at radius 2 is 1.35 bits per heavy atom. The maximum Gasteiger partial charge on any atom is 0.410 e. The smallest absolute Gasteiger partial charge is 0.410 e. The van der Waals surface area contributed by atoms with E-state index in [0.29, 0.717) is 18.8 Å². The minimum atomic E-state index is -0.470. The molecule has 2 aliphatic rings. The number of anilines is 2. The van der Waals surface area contributed by atoms with E-state index in [0.717, 1.165) is 68.7 Å². The van der Waals surface area contributed by atoms with Gasteiger partial charge in [0.15, 0.2) is 0 Å². The Hall–Kier alpha value is -3.54. The number of amides is 1. The van der Waals surface area contributed by atoms with E-state index < -0.39 is 5.60 Å². The number of carbonyl (C=O) groups is 1. The summed E-state index contributed by atoms with van der Waals surface area (Å²) in [5.74, 6) is -0.185. The van der Waals surface area contributed by atoms with Crippen molar-refractivity contribution in [1.82, 2.24) is 4.90 Å². The Kier molecular flexibility index (Phi) is 8.34. The zero-order chi connectivity index (χ0) is 28.2. The number of carbonyl (C=O) groups excluding carboxylic acids is 1. The number of nitrogens with zero attached hydrogens (tertiary/aromatic N) is 3. The first-order valence-corrected chi connectivity index (χ1v) is 14.6. The largest absolute Gasteiger partial charge is 0.444 e. The third kappa shape index (κ3) is 6.96. The SMILES string of the molecule is CC(C)(C)OC(=O)N1CCC2(CC1)CCN(c1ccc(N(Cc3ccccc3)Cc3ccccc3)c(F)c1)CC2. The molecule has 2 saturated heterocycles. The van der Waals surface area contributed by atoms with Gasteiger partial charge >= 0.3 is 6.09 Å². The first kappa shape index (κ1) is 28.0. The molecule has 40 heavy (non-hydrogen) atoms. The van der Waals surface area contributed by atoms with E-state index in [4.69, 9.17) is 4.74 Å². The predicted octanol–water partition coefficient (Wildman–Crippen LogP) is 7.65. The molecule has 0 unspecified atom stereocenters. The van der Waals surface area contributed by atoms with E-state index in [1.165, 1.54) is 0 Å². The lowest BCUT2D eigenvalue weighted by atomic mass is 9.71. The highest BCUT2D eigenvalue weighted by Crippen LogP contribution is 2.42. The highest BCUT2D eigenvalue weighted by Gasteiger charge is 2.39. The summed E-state index contributed by atoms with van der Waals surface area (Å²) in [7, 11) is 0. The summed E-state index contributed by atoms with van der Waals surface area (Å²) in [5.41, 5.74) is 3.67. The Morgan fingerprint density at radius 3 is 1.85 bits per heavy atom. The third-order valence-corrected chi connectivity index (χ3v) is 8.37. The maximum absolute atomic E-state index is 15.7. The Balaban J connectivity index is 1.23. The van der Waals surface area contributed by atoms with Gasteiger partial charge in [-0.15, -0.1) is 0 Å². The number of piperidine rings is 2. The van der Waals surface area contributed by atoms with Crippen LogP contribution in [0, 0.1) is 11.2 Å². The summed E-state index contributed by atoms with van der Waals surface area (Å²) in [4.78, 5) is 18.8. The van der Waals surface area contributed by atoms with Gasteiger partial charge in [0, 0.05) is 45.0 Å². The van der Waals surface area contributed by atoms with E-state index in [1.807, 2.05) is 68.1 Å².